The normalized spacial score (nSPS) is 11.1. The average Bonchev–Trinajstić information content (AvgIpc) is 2.37. The number of hydrogen-bond donors (Lipinski definition) is 0. The van der Waals surface area contributed by atoms with Crippen molar-refractivity contribution in [2.75, 3.05) is 4.90 Å². The zero-order valence-corrected chi connectivity index (χ0v) is 13.1. The van der Waals surface area contributed by atoms with Crippen LogP contribution in [0.2, 0.25) is 0 Å². The molecular weight excluding hydrogens is 283 g/mol. The highest BCUT2D eigenvalue weighted by Crippen LogP contribution is 2.27. The van der Waals surface area contributed by atoms with Crippen molar-refractivity contribution in [1.82, 2.24) is 4.98 Å². The van der Waals surface area contributed by atoms with E-state index in [0.29, 0.717) is 11.5 Å². The van der Waals surface area contributed by atoms with Crippen molar-refractivity contribution in [2.45, 2.75) is 33.3 Å². The van der Waals surface area contributed by atoms with E-state index in [1.807, 2.05) is 13.0 Å². The number of ether oxygens (including phenoxy) is 1. The summed E-state index contributed by atoms with van der Waals surface area (Å²) in [6, 6.07) is 9.33. The molecule has 1 amide bonds. The molecule has 0 spiro atoms. The third-order valence-electron chi connectivity index (χ3n) is 2.77. The van der Waals surface area contributed by atoms with Gasteiger partial charge in [-0.25, -0.2) is 19.1 Å². The van der Waals surface area contributed by atoms with Gasteiger partial charge in [-0.15, -0.1) is 0 Å². The lowest BCUT2D eigenvalue weighted by atomic mass is 10.2. The minimum Gasteiger partial charge on any atom is -0.443 e. The van der Waals surface area contributed by atoms with Gasteiger partial charge in [0.2, 0.25) is 0 Å². The molecule has 22 heavy (non-hydrogen) atoms. The SMILES string of the molecule is Cc1ccnc(N(C(=O)OC(C)(C)C)c2cccc(F)c2)c1. The van der Waals surface area contributed by atoms with Gasteiger partial charge >= 0.3 is 6.09 Å². The molecule has 0 radical (unpaired) electrons. The molecule has 116 valence electrons. The molecule has 0 fully saturated rings. The summed E-state index contributed by atoms with van der Waals surface area (Å²) in [6.45, 7) is 7.22. The summed E-state index contributed by atoms with van der Waals surface area (Å²) in [6.07, 6.45) is 0.998. The predicted molar refractivity (Wildman–Crippen MR) is 83.7 cm³/mol. The van der Waals surface area contributed by atoms with Crippen LogP contribution in [0, 0.1) is 12.7 Å². The third kappa shape index (κ3) is 4.04. The molecule has 0 bridgehead atoms. The standard InChI is InChI=1S/C17H19FN2O2/c1-12-8-9-19-15(10-12)20(16(21)22-17(2,3)4)14-7-5-6-13(18)11-14/h5-11H,1-4H3. The Kier molecular flexibility index (Phi) is 4.45. The van der Waals surface area contributed by atoms with Crippen molar-refractivity contribution >= 4 is 17.6 Å². The zero-order valence-electron chi connectivity index (χ0n) is 13.1. The van der Waals surface area contributed by atoms with Crippen molar-refractivity contribution in [3.8, 4) is 0 Å². The van der Waals surface area contributed by atoms with E-state index < -0.39 is 17.5 Å². The molecule has 0 N–H and O–H groups in total. The number of halogens is 1. The summed E-state index contributed by atoms with van der Waals surface area (Å²) in [5, 5.41) is 0. The first-order valence-electron chi connectivity index (χ1n) is 6.97. The minimum absolute atomic E-state index is 0.368. The Morgan fingerprint density at radius 3 is 2.55 bits per heavy atom. The number of aromatic nitrogens is 1. The molecule has 0 aliphatic carbocycles. The molecule has 0 saturated heterocycles. The number of aryl methyl sites for hydroxylation is 1. The smallest absolute Gasteiger partial charge is 0.420 e. The van der Waals surface area contributed by atoms with Gasteiger partial charge in [0.25, 0.3) is 0 Å². The van der Waals surface area contributed by atoms with Gasteiger partial charge in [0, 0.05) is 6.20 Å². The van der Waals surface area contributed by atoms with Crippen molar-refractivity contribution in [2.24, 2.45) is 0 Å². The van der Waals surface area contributed by atoms with Crippen LogP contribution in [0.25, 0.3) is 0 Å². The Bertz CT molecular complexity index is 635. The van der Waals surface area contributed by atoms with E-state index >= 15 is 0 Å². The van der Waals surface area contributed by atoms with E-state index in [1.165, 1.54) is 23.1 Å². The van der Waals surface area contributed by atoms with Crippen molar-refractivity contribution in [3.05, 3.63) is 54.0 Å². The second-order valence-electron chi connectivity index (χ2n) is 5.99. The van der Waals surface area contributed by atoms with E-state index in [9.17, 15) is 9.18 Å². The number of hydrogen-bond acceptors (Lipinski definition) is 3. The average molecular weight is 302 g/mol. The quantitative estimate of drug-likeness (QED) is 0.814. The number of carbonyl (C=O) groups excluding carboxylic acids is 1. The number of carbonyl (C=O) groups is 1. The van der Waals surface area contributed by atoms with Crippen LogP contribution in [0.1, 0.15) is 26.3 Å². The summed E-state index contributed by atoms with van der Waals surface area (Å²) in [5.41, 5.74) is 0.647. The Morgan fingerprint density at radius 1 is 1.23 bits per heavy atom. The Balaban J connectivity index is 2.47. The van der Waals surface area contributed by atoms with Crippen molar-refractivity contribution < 1.29 is 13.9 Å². The highest BCUT2D eigenvalue weighted by Gasteiger charge is 2.26. The fourth-order valence-corrected chi connectivity index (χ4v) is 1.90. The molecule has 0 aliphatic heterocycles. The number of pyridine rings is 1. The summed E-state index contributed by atoms with van der Waals surface area (Å²) >= 11 is 0. The molecule has 5 heteroatoms. The molecular formula is C17H19FN2O2. The molecule has 1 aromatic carbocycles. The maximum absolute atomic E-state index is 13.5. The molecule has 0 aliphatic rings. The van der Waals surface area contributed by atoms with Gasteiger partial charge < -0.3 is 4.74 Å². The summed E-state index contributed by atoms with van der Waals surface area (Å²) < 4.78 is 18.9. The Labute approximate surface area is 129 Å². The Morgan fingerprint density at radius 2 is 1.95 bits per heavy atom. The largest absolute Gasteiger partial charge is 0.443 e. The maximum atomic E-state index is 13.5. The zero-order chi connectivity index (χ0) is 16.3. The summed E-state index contributed by atoms with van der Waals surface area (Å²) in [7, 11) is 0. The van der Waals surface area contributed by atoms with Gasteiger partial charge in [0.1, 0.15) is 17.2 Å². The Hall–Kier alpha value is -2.43. The monoisotopic (exact) mass is 302 g/mol. The first-order chi connectivity index (χ1) is 10.3. The molecule has 4 nitrogen and oxygen atoms in total. The summed E-state index contributed by atoms with van der Waals surface area (Å²) in [4.78, 5) is 18.0. The van der Waals surface area contributed by atoms with E-state index in [4.69, 9.17) is 4.74 Å². The molecule has 2 aromatic rings. The fourth-order valence-electron chi connectivity index (χ4n) is 1.90. The number of anilines is 2. The molecule has 1 heterocycles. The van der Waals surface area contributed by atoms with Crippen LogP contribution < -0.4 is 4.90 Å². The first-order valence-corrected chi connectivity index (χ1v) is 6.97. The van der Waals surface area contributed by atoms with E-state index in [1.54, 1.807) is 39.1 Å². The lowest BCUT2D eigenvalue weighted by Crippen LogP contribution is -2.34. The van der Waals surface area contributed by atoms with Gasteiger partial charge in [-0.3, -0.25) is 0 Å². The van der Waals surface area contributed by atoms with Crippen LogP contribution in [-0.2, 0) is 4.74 Å². The highest BCUT2D eigenvalue weighted by molar-refractivity contribution is 5.95. The predicted octanol–water partition coefficient (Wildman–Crippen LogP) is 4.60. The molecule has 0 unspecified atom stereocenters. The lowest BCUT2D eigenvalue weighted by molar-refractivity contribution is 0.0598. The van der Waals surface area contributed by atoms with Crippen LogP contribution in [0.4, 0.5) is 20.7 Å². The second-order valence-corrected chi connectivity index (χ2v) is 5.99. The fraction of sp³-hybridized carbons (Fsp3) is 0.294. The number of nitrogens with zero attached hydrogens (tertiary/aromatic N) is 2. The molecule has 0 atom stereocenters. The van der Waals surface area contributed by atoms with Crippen LogP contribution >= 0.6 is 0 Å². The summed E-state index contributed by atoms with van der Waals surface area (Å²) in [5.74, 6) is -0.0430. The van der Waals surface area contributed by atoms with Crippen LogP contribution in [0.3, 0.4) is 0 Å². The lowest BCUT2D eigenvalue weighted by Gasteiger charge is -2.27. The van der Waals surface area contributed by atoms with E-state index in [2.05, 4.69) is 4.98 Å². The van der Waals surface area contributed by atoms with Gasteiger partial charge in [-0.05, 0) is 63.6 Å². The second kappa shape index (κ2) is 6.13. The molecule has 0 saturated carbocycles. The van der Waals surface area contributed by atoms with E-state index in [-0.39, 0.29) is 0 Å². The molecule has 1 aromatic heterocycles. The van der Waals surface area contributed by atoms with E-state index in [0.717, 1.165) is 5.56 Å². The highest BCUT2D eigenvalue weighted by atomic mass is 19.1. The van der Waals surface area contributed by atoms with Gasteiger partial charge in [0.05, 0.1) is 5.69 Å². The maximum Gasteiger partial charge on any atom is 0.420 e. The topological polar surface area (TPSA) is 42.4 Å². The first kappa shape index (κ1) is 15.9. The minimum atomic E-state index is -0.660. The van der Waals surface area contributed by atoms with Crippen LogP contribution in [0.5, 0.6) is 0 Å². The van der Waals surface area contributed by atoms with Crippen LogP contribution in [-0.4, -0.2) is 16.7 Å². The van der Waals surface area contributed by atoms with Crippen molar-refractivity contribution in [3.63, 3.8) is 0 Å². The van der Waals surface area contributed by atoms with Crippen molar-refractivity contribution in [1.29, 1.82) is 0 Å². The third-order valence-corrected chi connectivity index (χ3v) is 2.77. The van der Waals surface area contributed by atoms with Gasteiger partial charge in [-0.1, -0.05) is 6.07 Å². The van der Waals surface area contributed by atoms with Gasteiger partial charge in [-0.2, -0.15) is 0 Å². The number of amides is 1. The van der Waals surface area contributed by atoms with Gasteiger partial charge in [0.15, 0.2) is 0 Å². The number of rotatable bonds is 2. The van der Waals surface area contributed by atoms with Crippen LogP contribution in [0.15, 0.2) is 42.6 Å². The number of benzene rings is 1. The molecule has 2 rings (SSSR count).